The van der Waals surface area contributed by atoms with Crippen molar-refractivity contribution in [3.63, 3.8) is 0 Å². The standard InChI is InChI=1S/C13H10Cl2N2O4S/c1-8-2-3-12(17(18)19)7-13(8)22(20,21)16-11-5-9(14)4-10(15)6-11/h2-7,16H,1H3. The molecule has 2 rings (SSSR count). The number of hydrogen-bond acceptors (Lipinski definition) is 4. The minimum Gasteiger partial charge on any atom is -0.280 e. The summed E-state index contributed by atoms with van der Waals surface area (Å²) in [5.41, 5.74) is 0.240. The number of benzene rings is 2. The molecule has 0 bridgehead atoms. The number of rotatable bonds is 4. The van der Waals surface area contributed by atoms with E-state index >= 15 is 0 Å². The van der Waals surface area contributed by atoms with Gasteiger partial charge >= 0.3 is 0 Å². The highest BCUT2D eigenvalue weighted by Crippen LogP contribution is 2.27. The third-order valence-electron chi connectivity index (χ3n) is 2.79. The van der Waals surface area contributed by atoms with Crippen molar-refractivity contribution in [1.29, 1.82) is 0 Å². The first-order chi connectivity index (χ1) is 10.2. The molecule has 2 aromatic carbocycles. The molecule has 0 saturated heterocycles. The van der Waals surface area contributed by atoms with E-state index < -0.39 is 14.9 Å². The number of nitrogens with one attached hydrogen (secondary N) is 1. The maximum atomic E-state index is 12.4. The number of halogens is 2. The highest BCUT2D eigenvalue weighted by atomic mass is 35.5. The summed E-state index contributed by atoms with van der Waals surface area (Å²) < 4.78 is 27.1. The van der Waals surface area contributed by atoms with Crippen LogP contribution in [0.4, 0.5) is 11.4 Å². The van der Waals surface area contributed by atoms with Crippen LogP contribution in [0.5, 0.6) is 0 Å². The van der Waals surface area contributed by atoms with Gasteiger partial charge in [0, 0.05) is 22.2 Å². The third kappa shape index (κ3) is 3.68. The highest BCUT2D eigenvalue weighted by molar-refractivity contribution is 7.92. The largest absolute Gasteiger partial charge is 0.280 e. The predicted molar refractivity (Wildman–Crippen MR) is 85.1 cm³/mol. The number of sulfonamides is 1. The number of anilines is 1. The van der Waals surface area contributed by atoms with Gasteiger partial charge in [0.05, 0.1) is 15.5 Å². The Balaban J connectivity index is 2.46. The van der Waals surface area contributed by atoms with Gasteiger partial charge in [0.2, 0.25) is 0 Å². The topological polar surface area (TPSA) is 89.3 Å². The minimum atomic E-state index is -4.01. The van der Waals surface area contributed by atoms with Crippen LogP contribution in [0.15, 0.2) is 41.3 Å². The Morgan fingerprint density at radius 3 is 2.23 bits per heavy atom. The second kappa shape index (κ2) is 6.12. The lowest BCUT2D eigenvalue weighted by Gasteiger charge is -2.11. The van der Waals surface area contributed by atoms with Gasteiger partial charge in [0.15, 0.2) is 0 Å². The van der Waals surface area contributed by atoms with Gasteiger partial charge in [-0.05, 0) is 30.7 Å². The van der Waals surface area contributed by atoms with Crippen LogP contribution in [-0.4, -0.2) is 13.3 Å². The smallest absolute Gasteiger partial charge is 0.270 e. The average molecular weight is 361 g/mol. The normalized spacial score (nSPS) is 11.2. The molecule has 0 aliphatic carbocycles. The summed E-state index contributed by atoms with van der Waals surface area (Å²) in [4.78, 5) is 9.95. The average Bonchev–Trinajstić information content (AvgIpc) is 2.36. The van der Waals surface area contributed by atoms with E-state index in [1.807, 2.05) is 0 Å². The van der Waals surface area contributed by atoms with Crippen molar-refractivity contribution >= 4 is 44.6 Å². The first-order valence-corrected chi connectivity index (χ1v) is 8.17. The Hall–Kier alpha value is -1.83. The predicted octanol–water partition coefficient (Wildman–Crippen LogP) is 4.01. The molecule has 2 aromatic rings. The Labute approximate surface area is 136 Å². The van der Waals surface area contributed by atoms with Crippen LogP contribution in [0, 0.1) is 17.0 Å². The molecule has 0 aliphatic rings. The van der Waals surface area contributed by atoms with Crippen LogP contribution in [0.1, 0.15) is 5.56 Å². The van der Waals surface area contributed by atoms with E-state index in [2.05, 4.69) is 4.72 Å². The van der Waals surface area contributed by atoms with E-state index in [9.17, 15) is 18.5 Å². The molecule has 0 heterocycles. The number of hydrogen-bond donors (Lipinski definition) is 1. The van der Waals surface area contributed by atoms with Crippen molar-refractivity contribution < 1.29 is 13.3 Å². The zero-order chi connectivity index (χ0) is 16.5. The molecule has 0 atom stereocenters. The maximum absolute atomic E-state index is 12.4. The van der Waals surface area contributed by atoms with Gasteiger partial charge in [-0.3, -0.25) is 14.8 Å². The van der Waals surface area contributed by atoms with Gasteiger partial charge in [0.1, 0.15) is 0 Å². The molecule has 0 amide bonds. The highest BCUT2D eigenvalue weighted by Gasteiger charge is 2.21. The van der Waals surface area contributed by atoms with Gasteiger partial charge < -0.3 is 0 Å². The van der Waals surface area contributed by atoms with E-state index in [1.165, 1.54) is 30.3 Å². The summed E-state index contributed by atoms with van der Waals surface area (Å²) in [5.74, 6) is 0. The van der Waals surface area contributed by atoms with Gasteiger partial charge in [-0.2, -0.15) is 0 Å². The van der Waals surface area contributed by atoms with E-state index in [-0.39, 0.29) is 26.3 Å². The fourth-order valence-electron chi connectivity index (χ4n) is 1.81. The molecule has 0 fully saturated rings. The van der Waals surface area contributed by atoms with Crippen LogP contribution < -0.4 is 4.72 Å². The van der Waals surface area contributed by atoms with Crippen molar-refractivity contribution in [3.8, 4) is 0 Å². The first-order valence-electron chi connectivity index (χ1n) is 5.93. The molecule has 0 aliphatic heterocycles. The number of aryl methyl sites for hydroxylation is 1. The van der Waals surface area contributed by atoms with Crippen molar-refractivity contribution in [2.24, 2.45) is 0 Å². The van der Waals surface area contributed by atoms with Crippen LogP contribution in [-0.2, 0) is 10.0 Å². The Morgan fingerprint density at radius 2 is 1.68 bits per heavy atom. The van der Waals surface area contributed by atoms with Crippen LogP contribution >= 0.6 is 23.2 Å². The van der Waals surface area contributed by atoms with Crippen molar-refractivity contribution in [3.05, 3.63) is 62.1 Å². The molecule has 9 heteroatoms. The van der Waals surface area contributed by atoms with Crippen LogP contribution in [0.3, 0.4) is 0 Å². The second-order valence-corrected chi connectivity index (χ2v) is 6.99. The molecule has 22 heavy (non-hydrogen) atoms. The van der Waals surface area contributed by atoms with Crippen LogP contribution in [0.25, 0.3) is 0 Å². The Kier molecular flexibility index (Phi) is 4.60. The molecular weight excluding hydrogens is 351 g/mol. The molecule has 116 valence electrons. The summed E-state index contributed by atoms with van der Waals surface area (Å²) >= 11 is 11.6. The summed E-state index contributed by atoms with van der Waals surface area (Å²) in [6.07, 6.45) is 0. The minimum absolute atomic E-state index is 0.170. The summed E-state index contributed by atoms with van der Waals surface area (Å²) in [6.45, 7) is 1.54. The van der Waals surface area contributed by atoms with Crippen molar-refractivity contribution in [1.82, 2.24) is 0 Å². The van der Waals surface area contributed by atoms with Crippen LogP contribution in [0.2, 0.25) is 10.0 Å². The van der Waals surface area contributed by atoms with Gasteiger partial charge in [0.25, 0.3) is 15.7 Å². The molecule has 0 unspecified atom stereocenters. The quantitative estimate of drug-likeness (QED) is 0.658. The fourth-order valence-corrected chi connectivity index (χ4v) is 3.65. The lowest BCUT2D eigenvalue weighted by atomic mass is 10.2. The molecule has 1 N–H and O–H groups in total. The Morgan fingerprint density at radius 1 is 1.09 bits per heavy atom. The molecule has 0 aromatic heterocycles. The lowest BCUT2D eigenvalue weighted by molar-refractivity contribution is -0.385. The molecule has 6 nitrogen and oxygen atoms in total. The molecule has 0 radical (unpaired) electrons. The van der Waals surface area contributed by atoms with Gasteiger partial charge in [-0.25, -0.2) is 8.42 Å². The lowest BCUT2D eigenvalue weighted by Crippen LogP contribution is -2.14. The van der Waals surface area contributed by atoms with Crippen molar-refractivity contribution in [2.45, 2.75) is 11.8 Å². The number of nitrogens with zero attached hydrogens (tertiary/aromatic N) is 1. The zero-order valence-electron chi connectivity index (χ0n) is 11.2. The summed E-state index contributed by atoms with van der Waals surface area (Å²) in [5, 5.41) is 11.3. The second-order valence-electron chi connectivity index (χ2n) is 4.47. The monoisotopic (exact) mass is 360 g/mol. The van der Waals surface area contributed by atoms with Gasteiger partial charge in [-0.15, -0.1) is 0 Å². The number of non-ortho nitro benzene ring substituents is 1. The maximum Gasteiger partial charge on any atom is 0.270 e. The van der Waals surface area contributed by atoms with E-state index in [1.54, 1.807) is 6.92 Å². The van der Waals surface area contributed by atoms with Gasteiger partial charge in [-0.1, -0.05) is 29.3 Å². The SMILES string of the molecule is Cc1ccc([N+](=O)[O-])cc1S(=O)(=O)Nc1cc(Cl)cc(Cl)c1. The zero-order valence-corrected chi connectivity index (χ0v) is 13.5. The molecule has 0 saturated carbocycles. The molecular formula is C13H10Cl2N2O4S. The van der Waals surface area contributed by atoms with E-state index in [0.717, 1.165) is 6.07 Å². The number of nitro benzene ring substituents is 1. The van der Waals surface area contributed by atoms with E-state index in [0.29, 0.717) is 5.56 Å². The summed E-state index contributed by atoms with van der Waals surface area (Å²) in [7, 11) is -4.01. The fraction of sp³-hybridized carbons (Fsp3) is 0.0769. The molecule has 0 spiro atoms. The van der Waals surface area contributed by atoms with Crippen molar-refractivity contribution in [2.75, 3.05) is 4.72 Å². The third-order valence-corrected chi connectivity index (χ3v) is 4.75. The Bertz CT molecular complexity index is 833. The van der Waals surface area contributed by atoms with E-state index in [4.69, 9.17) is 23.2 Å². The summed E-state index contributed by atoms with van der Waals surface area (Å²) in [6, 6.07) is 7.85. The first kappa shape index (κ1) is 16.5. The number of nitro groups is 1.